The smallest absolute Gasteiger partial charge is 0.178 e. The van der Waals surface area contributed by atoms with Crippen molar-refractivity contribution in [3.63, 3.8) is 0 Å². The molecule has 0 aliphatic carbocycles. The molecule has 0 bridgehead atoms. The maximum atomic E-state index is 6.00. The van der Waals surface area contributed by atoms with Gasteiger partial charge in [-0.2, -0.15) is 0 Å². The Morgan fingerprint density at radius 2 is 2.25 bits per heavy atom. The highest BCUT2D eigenvalue weighted by atomic mass is 32.1. The van der Waals surface area contributed by atoms with Crippen LogP contribution in [0.5, 0.6) is 0 Å². The number of anilines is 1. The van der Waals surface area contributed by atoms with Crippen molar-refractivity contribution in [3.8, 4) is 23.2 Å². The van der Waals surface area contributed by atoms with E-state index in [9.17, 15) is 0 Å². The molecule has 118 valence electrons. The van der Waals surface area contributed by atoms with Crippen LogP contribution in [0.3, 0.4) is 0 Å². The summed E-state index contributed by atoms with van der Waals surface area (Å²) in [6.07, 6.45) is 5.29. The Labute approximate surface area is 142 Å². The molecule has 6 heteroatoms. The van der Waals surface area contributed by atoms with Crippen LogP contribution < -0.4 is 5.73 Å². The van der Waals surface area contributed by atoms with Crippen LogP contribution in [0.2, 0.25) is 0 Å². The van der Waals surface area contributed by atoms with Gasteiger partial charge in [0, 0.05) is 47.4 Å². The number of hydrogen-bond donors (Lipinski definition) is 1. The Morgan fingerprint density at radius 3 is 3.12 bits per heavy atom. The summed E-state index contributed by atoms with van der Waals surface area (Å²) in [5.41, 5.74) is 8.32. The lowest BCUT2D eigenvalue weighted by atomic mass is 10.1. The van der Waals surface area contributed by atoms with E-state index in [0.717, 1.165) is 32.4 Å². The van der Waals surface area contributed by atoms with E-state index in [1.165, 1.54) is 0 Å². The third-order valence-corrected chi connectivity index (χ3v) is 4.60. The molecule has 0 radical (unpaired) electrons. The molecule has 0 aromatic carbocycles. The Hall–Kier alpha value is -2.88. The molecule has 4 aromatic rings. The number of aromatic nitrogens is 2. The summed E-state index contributed by atoms with van der Waals surface area (Å²) in [5.74, 6) is 7.09. The molecule has 0 aliphatic rings. The molecular weight excluding hydrogens is 322 g/mol. The van der Waals surface area contributed by atoms with Gasteiger partial charge in [0.05, 0.1) is 10.3 Å². The van der Waals surface area contributed by atoms with E-state index in [-0.39, 0.29) is 0 Å². The molecule has 0 fully saturated rings. The number of furan rings is 1. The number of hydrogen-bond acceptors (Lipinski definition) is 6. The zero-order valence-electron chi connectivity index (χ0n) is 12.9. The highest BCUT2D eigenvalue weighted by Crippen LogP contribution is 2.37. The summed E-state index contributed by atoms with van der Waals surface area (Å²) in [6.45, 7) is 0.360. The van der Waals surface area contributed by atoms with Gasteiger partial charge in [-0.15, -0.1) is 11.3 Å². The molecule has 2 N–H and O–H groups in total. The van der Waals surface area contributed by atoms with Crippen LogP contribution in [0.25, 0.3) is 32.4 Å². The lowest BCUT2D eigenvalue weighted by Gasteiger charge is -1.96. The zero-order chi connectivity index (χ0) is 16.5. The van der Waals surface area contributed by atoms with Crippen LogP contribution in [0.4, 0.5) is 5.82 Å². The molecule has 5 nitrogen and oxygen atoms in total. The number of methoxy groups -OCH3 is 1. The number of pyridine rings is 2. The number of rotatable bonds is 2. The first-order valence-electron chi connectivity index (χ1n) is 7.25. The minimum Gasteiger partial charge on any atom is -0.452 e. The number of nitrogens with zero attached hydrogens (tertiary/aromatic N) is 2. The summed E-state index contributed by atoms with van der Waals surface area (Å²) in [7, 11) is 1.61. The van der Waals surface area contributed by atoms with Gasteiger partial charge in [0.15, 0.2) is 11.4 Å². The molecule has 0 atom stereocenters. The van der Waals surface area contributed by atoms with Crippen molar-refractivity contribution in [2.75, 3.05) is 19.5 Å². The monoisotopic (exact) mass is 335 g/mol. The predicted octanol–water partition coefficient (Wildman–Crippen LogP) is 3.68. The Bertz CT molecular complexity index is 1100. The minimum atomic E-state index is 0.356. The minimum absolute atomic E-state index is 0.356. The molecule has 4 aromatic heterocycles. The topological polar surface area (TPSA) is 74.2 Å². The van der Waals surface area contributed by atoms with Crippen LogP contribution in [0.15, 0.2) is 40.5 Å². The van der Waals surface area contributed by atoms with Gasteiger partial charge in [-0.1, -0.05) is 11.8 Å². The van der Waals surface area contributed by atoms with E-state index in [1.54, 1.807) is 30.8 Å². The van der Waals surface area contributed by atoms with E-state index in [1.807, 2.05) is 18.3 Å². The summed E-state index contributed by atoms with van der Waals surface area (Å²) in [4.78, 5) is 8.33. The van der Waals surface area contributed by atoms with Gasteiger partial charge < -0.3 is 14.9 Å². The van der Waals surface area contributed by atoms with Gasteiger partial charge in [-0.05, 0) is 12.1 Å². The van der Waals surface area contributed by atoms with E-state index in [2.05, 4.69) is 27.2 Å². The number of nitrogen functional groups attached to an aromatic ring is 1. The predicted molar refractivity (Wildman–Crippen MR) is 95.8 cm³/mol. The Morgan fingerprint density at radius 1 is 1.33 bits per heavy atom. The molecule has 0 unspecified atom stereocenters. The Balaban J connectivity index is 1.91. The van der Waals surface area contributed by atoms with Gasteiger partial charge in [-0.25, -0.2) is 4.98 Å². The van der Waals surface area contributed by atoms with Crippen molar-refractivity contribution in [2.24, 2.45) is 0 Å². The standard InChI is InChI=1S/C18H13N3O2S/c1-22-6-2-3-11-8-21-18(19)17-13(11)7-15(23-17)14-10-24-16-9-20-5-4-12(14)16/h4-5,7-10H,6H2,1H3,(H2,19,21). The number of ether oxygens (including phenoxy) is 1. The van der Waals surface area contributed by atoms with Crippen molar-refractivity contribution < 1.29 is 9.15 Å². The number of fused-ring (bicyclic) bond motifs is 2. The van der Waals surface area contributed by atoms with Gasteiger partial charge >= 0.3 is 0 Å². The van der Waals surface area contributed by atoms with Crippen LogP contribution >= 0.6 is 11.3 Å². The molecule has 0 spiro atoms. The summed E-state index contributed by atoms with van der Waals surface area (Å²) >= 11 is 1.63. The maximum absolute atomic E-state index is 6.00. The average molecular weight is 335 g/mol. The third kappa shape index (κ3) is 2.40. The first-order valence-corrected chi connectivity index (χ1v) is 8.13. The second-order valence-corrected chi connectivity index (χ2v) is 6.08. The molecular formula is C18H13N3O2S. The van der Waals surface area contributed by atoms with Gasteiger partial charge in [0.1, 0.15) is 12.4 Å². The van der Waals surface area contributed by atoms with Gasteiger partial charge in [-0.3, -0.25) is 4.98 Å². The quantitative estimate of drug-likeness (QED) is 0.566. The fourth-order valence-electron chi connectivity index (χ4n) is 2.55. The van der Waals surface area contributed by atoms with Crippen molar-refractivity contribution >= 4 is 38.2 Å². The van der Waals surface area contributed by atoms with Gasteiger partial charge in [0.2, 0.25) is 0 Å². The first-order chi connectivity index (χ1) is 11.8. The van der Waals surface area contributed by atoms with Crippen molar-refractivity contribution in [1.82, 2.24) is 9.97 Å². The van der Waals surface area contributed by atoms with Crippen molar-refractivity contribution in [1.29, 1.82) is 0 Å². The molecule has 0 aliphatic heterocycles. The Kier molecular flexibility index (Phi) is 3.65. The molecule has 4 rings (SSSR count). The van der Waals surface area contributed by atoms with Crippen LogP contribution in [-0.2, 0) is 4.74 Å². The lowest BCUT2D eigenvalue weighted by Crippen LogP contribution is -1.91. The zero-order valence-corrected chi connectivity index (χ0v) is 13.7. The summed E-state index contributed by atoms with van der Waals surface area (Å²) in [6, 6.07) is 3.95. The SMILES string of the molecule is COCC#Cc1cnc(N)c2oc(-c3csc4cnccc34)cc12. The van der Waals surface area contributed by atoms with Crippen LogP contribution in [0.1, 0.15) is 5.56 Å². The van der Waals surface area contributed by atoms with Crippen LogP contribution in [0, 0.1) is 11.8 Å². The van der Waals surface area contributed by atoms with Crippen molar-refractivity contribution in [3.05, 3.63) is 41.7 Å². The summed E-state index contributed by atoms with van der Waals surface area (Å²) in [5, 5.41) is 4.02. The van der Waals surface area contributed by atoms with E-state index in [4.69, 9.17) is 14.9 Å². The highest BCUT2D eigenvalue weighted by molar-refractivity contribution is 7.17. The second kappa shape index (κ2) is 5.96. The normalized spacial score (nSPS) is 10.9. The molecule has 24 heavy (non-hydrogen) atoms. The lowest BCUT2D eigenvalue weighted by molar-refractivity contribution is 0.240. The third-order valence-electron chi connectivity index (χ3n) is 3.67. The first kappa shape index (κ1) is 14.7. The summed E-state index contributed by atoms with van der Waals surface area (Å²) < 4.78 is 12.1. The van der Waals surface area contributed by atoms with E-state index >= 15 is 0 Å². The number of thiophene rings is 1. The highest BCUT2D eigenvalue weighted by Gasteiger charge is 2.15. The van der Waals surface area contributed by atoms with Crippen molar-refractivity contribution in [2.45, 2.75) is 0 Å². The van der Waals surface area contributed by atoms with E-state index < -0.39 is 0 Å². The number of nitrogens with two attached hydrogens (primary N) is 1. The average Bonchev–Trinajstić information content (AvgIpc) is 3.21. The molecule has 0 saturated carbocycles. The van der Waals surface area contributed by atoms with Gasteiger partial charge in [0.25, 0.3) is 0 Å². The fraction of sp³-hybridized carbons (Fsp3) is 0.111. The molecule has 0 saturated heterocycles. The molecule has 4 heterocycles. The molecule has 0 amide bonds. The second-order valence-electron chi connectivity index (χ2n) is 5.17. The maximum Gasteiger partial charge on any atom is 0.178 e. The fourth-order valence-corrected chi connectivity index (χ4v) is 3.47. The largest absolute Gasteiger partial charge is 0.452 e. The van der Waals surface area contributed by atoms with E-state index in [0.29, 0.717) is 18.0 Å². The van der Waals surface area contributed by atoms with Crippen LogP contribution in [-0.4, -0.2) is 23.7 Å².